The smallest absolute Gasteiger partial charge is 0.289 e. The topological polar surface area (TPSA) is 71.4 Å². The molecule has 0 unspecified atom stereocenters. The highest BCUT2D eigenvalue weighted by atomic mass is 16.5. The molecule has 0 aliphatic carbocycles. The minimum atomic E-state index is -0.0483. The van der Waals surface area contributed by atoms with Gasteiger partial charge in [-0.2, -0.15) is 5.10 Å². The second-order valence-corrected chi connectivity index (χ2v) is 6.47. The number of hydrogen-bond donors (Lipinski definition) is 1. The van der Waals surface area contributed by atoms with Crippen LogP contribution in [0.15, 0.2) is 53.1 Å². The van der Waals surface area contributed by atoms with Gasteiger partial charge in [0.25, 0.3) is 5.91 Å². The maximum Gasteiger partial charge on any atom is 0.289 e. The van der Waals surface area contributed by atoms with Crippen LogP contribution in [-0.4, -0.2) is 41.2 Å². The summed E-state index contributed by atoms with van der Waals surface area (Å²) in [6.45, 7) is 1.45. The van der Waals surface area contributed by atoms with Crippen LogP contribution in [0.2, 0.25) is 0 Å². The van der Waals surface area contributed by atoms with Crippen molar-refractivity contribution in [1.82, 2.24) is 15.1 Å². The van der Waals surface area contributed by atoms with Crippen molar-refractivity contribution < 1.29 is 13.9 Å². The van der Waals surface area contributed by atoms with Crippen molar-refractivity contribution in [1.29, 1.82) is 0 Å². The number of nitrogens with zero attached hydrogens (tertiary/aromatic N) is 2. The quantitative estimate of drug-likeness (QED) is 0.778. The number of piperidine rings is 1. The molecule has 3 heterocycles. The van der Waals surface area contributed by atoms with E-state index in [4.69, 9.17) is 9.15 Å². The second-order valence-electron chi connectivity index (χ2n) is 6.47. The van der Waals surface area contributed by atoms with E-state index in [-0.39, 0.29) is 5.91 Å². The van der Waals surface area contributed by atoms with Crippen LogP contribution in [0.25, 0.3) is 11.3 Å². The molecular formula is C20H21N3O3. The number of rotatable bonds is 4. The molecule has 3 aromatic rings. The second kappa shape index (κ2) is 7.07. The number of aromatic nitrogens is 2. The summed E-state index contributed by atoms with van der Waals surface area (Å²) < 4.78 is 11.0. The first-order valence-electron chi connectivity index (χ1n) is 8.77. The minimum absolute atomic E-state index is 0.0483. The third kappa shape index (κ3) is 3.22. The number of likely N-dealkylation sites (tertiary alicyclic amines) is 1. The molecule has 6 heteroatoms. The fourth-order valence-electron chi connectivity index (χ4n) is 3.41. The van der Waals surface area contributed by atoms with E-state index < -0.39 is 0 Å². The highest BCUT2D eigenvalue weighted by Crippen LogP contribution is 2.29. The van der Waals surface area contributed by atoms with Crippen molar-refractivity contribution in [3.05, 3.63) is 60.1 Å². The lowest BCUT2D eigenvalue weighted by molar-refractivity contribution is 0.0681. The summed E-state index contributed by atoms with van der Waals surface area (Å²) in [5.41, 5.74) is 2.07. The molecule has 1 aliphatic heterocycles. The zero-order valence-electron chi connectivity index (χ0n) is 14.6. The number of benzene rings is 1. The van der Waals surface area contributed by atoms with Gasteiger partial charge in [0.05, 0.1) is 7.11 Å². The molecule has 0 bridgehead atoms. The van der Waals surface area contributed by atoms with E-state index >= 15 is 0 Å². The number of H-pyrrole nitrogens is 1. The van der Waals surface area contributed by atoms with Gasteiger partial charge in [0.2, 0.25) is 0 Å². The summed E-state index contributed by atoms with van der Waals surface area (Å²) >= 11 is 0. The molecule has 1 aliphatic rings. The molecular weight excluding hydrogens is 330 g/mol. The first kappa shape index (κ1) is 16.4. The normalized spacial score (nSPS) is 15.2. The van der Waals surface area contributed by atoms with E-state index in [1.54, 1.807) is 19.4 Å². The highest BCUT2D eigenvalue weighted by molar-refractivity contribution is 5.92. The van der Waals surface area contributed by atoms with Gasteiger partial charge < -0.3 is 14.1 Å². The molecule has 0 radical (unpaired) electrons. The number of nitrogens with one attached hydrogen (secondary N) is 1. The Labute approximate surface area is 151 Å². The fourth-order valence-corrected chi connectivity index (χ4v) is 3.41. The predicted octanol–water partition coefficient (Wildman–Crippen LogP) is 3.70. The van der Waals surface area contributed by atoms with Crippen molar-refractivity contribution in [2.45, 2.75) is 18.8 Å². The van der Waals surface area contributed by atoms with Gasteiger partial charge in [0.15, 0.2) is 5.76 Å². The average molecular weight is 351 g/mol. The van der Waals surface area contributed by atoms with E-state index in [1.165, 1.54) is 0 Å². The Morgan fingerprint density at radius 3 is 2.58 bits per heavy atom. The molecule has 26 heavy (non-hydrogen) atoms. The van der Waals surface area contributed by atoms with Crippen molar-refractivity contribution >= 4 is 5.91 Å². The minimum Gasteiger partial charge on any atom is -0.497 e. The van der Waals surface area contributed by atoms with E-state index in [0.29, 0.717) is 17.4 Å². The van der Waals surface area contributed by atoms with Gasteiger partial charge in [-0.15, -0.1) is 0 Å². The monoisotopic (exact) mass is 351 g/mol. The first-order valence-corrected chi connectivity index (χ1v) is 8.77. The number of ether oxygens (including phenoxy) is 1. The van der Waals surface area contributed by atoms with Crippen LogP contribution >= 0.6 is 0 Å². The number of aromatic amines is 1. The molecule has 4 rings (SSSR count). The molecule has 1 fully saturated rings. The molecule has 1 N–H and O–H groups in total. The Morgan fingerprint density at radius 2 is 1.92 bits per heavy atom. The number of carbonyl (C=O) groups is 1. The van der Waals surface area contributed by atoms with Crippen LogP contribution < -0.4 is 4.74 Å². The lowest BCUT2D eigenvalue weighted by atomic mass is 9.93. The van der Waals surface area contributed by atoms with Gasteiger partial charge >= 0.3 is 0 Å². The van der Waals surface area contributed by atoms with E-state index in [2.05, 4.69) is 10.2 Å². The van der Waals surface area contributed by atoms with Gasteiger partial charge in [0, 0.05) is 36.5 Å². The fraction of sp³-hybridized carbons (Fsp3) is 0.300. The molecule has 1 saturated heterocycles. The van der Waals surface area contributed by atoms with Crippen LogP contribution in [0.4, 0.5) is 0 Å². The summed E-state index contributed by atoms with van der Waals surface area (Å²) in [5.74, 6) is 2.25. The van der Waals surface area contributed by atoms with Crippen molar-refractivity contribution in [2.24, 2.45) is 0 Å². The van der Waals surface area contributed by atoms with Gasteiger partial charge in [-0.1, -0.05) is 0 Å². The van der Waals surface area contributed by atoms with Gasteiger partial charge in [-0.25, -0.2) is 0 Å². The number of carbonyl (C=O) groups excluding carboxylic acids is 1. The molecule has 2 aromatic heterocycles. The van der Waals surface area contributed by atoms with E-state index in [0.717, 1.165) is 42.9 Å². The van der Waals surface area contributed by atoms with Crippen LogP contribution in [0, 0.1) is 0 Å². The molecule has 6 nitrogen and oxygen atoms in total. The Kier molecular flexibility index (Phi) is 4.48. The lowest BCUT2D eigenvalue weighted by Crippen LogP contribution is -2.37. The maximum atomic E-state index is 12.7. The number of methoxy groups -OCH3 is 1. The number of hydrogen-bond acceptors (Lipinski definition) is 4. The van der Waals surface area contributed by atoms with Crippen LogP contribution in [-0.2, 0) is 0 Å². The summed E-state index contributed by atoms with van der Waals surface area (Å²) in [6.07, 6.45) is 3.64. The summed E-state index contributed by atoms with van der Waals surface area (Å²) in [7, 11) is 1.63. The Morgan fingerprint density at radius 1 is 1.15 bits per heavy atom. The van der Waals surface area contributed by atoms with Crippen molar-refractivity contribution in [3.8, 4) is 17.1 Å². The number of furan rings is 1. The SMILES string of the molecule is COc1ccc(-c2ccc(C(=O)N3CCC(c4ccn[nH]4)CC3)o2)cc1. The van der Waals surface area contributed by atoms with Crippen molar-refractivity contribution in [2.75, 3.05) is 20.2 Å². The predicted molar refractivity (Wildman–Crippen MR) is 97.2 cm³/mol. The molecule has 0 atom stereocenters. The Bertz CT molecular complexity index is 860. The highest BCUT2D eigenvalue weighted by Gasteiger charge is 2.26. The van der Waals surface area contributed by atoms with Gasteiger partial charge in [-0.3, -0.25) is 9.89 Å². The zero-order chi connectivity index (χ0) is 17.9. The largest absolute Gasteiger partial charge is 0.497 e. The van der Waals surface area contributed by atoms with Gasteiger partial charge in [0.1, 0.15) is 11.5 Å². The van der Waals surface area contributed by atoms with Crippen LogP contribution in [0.3, 0.4) is 0 Å². The summed E-state index contributed by atoms with van der Waals surface area (Å²) in [5, 5.41) is 7.04. The van der Waals surface area contributed by atoms with Gasteiger partial charge in [-0.05, 0) is 55.3 Å². The molecule has 1 aromatic carbocycles. The lowest BCUT2D eigenvalue weighted by Gasteiger charge is -2.30. The average Bonchev–Trinajstić information content (AvgIpc) is 3.40. The Hall–Kier alpha value is -3.02. The van der Waals surface area contributed by atoms with Crippen LogP contribution in [0.5, 0.6) is 5.75 Å². The van der Waals surface area contributed by atoms with E-state index in [9.17, 15) is 4.79 Å². The summed E-state index contributed by atoms with van der Waals surface area (Å²) in [6, 6.07) is 13.2. The molecule has 0 saturated carbocycles. The Balaban J connectivity index is 1.42. The third-order valence-corrected chi connectivity index (χ3v) is 4.94. The standard InChI is InChI=1S/C20H21N3O3/c1-25-16-4-2-15(3-5-16)18-6-7-19(26-18)20(24)23-12-9-14(10-13-23)17-8-11-21-22-17/h2-8,11,14H,9-10,12-13H2,1H3,(H,21,22). The maximum absolute atomic E-state index is 12.7. The first-order chi connectivity index (χ1) is 12.7. The van der Waals surface area contributed by atoms with Crippen molar-refractivity contribution in [3.63, 3.8) is 0 Å². The zero-order valence-corrected chi connectivity index (χ0v) is 14.6. The molecule has 0 spiro atoms. The van der Waals surface area contributed by atoms with Crippen LogP contribution in [0.1, 0.15) is 35.0 Å². The summed E-state index contributed by atoms with van der Waals surface area (Å²) in [4.78, 5) is 14.6. The third-order valence-electron chi connectivity index (χ3n) is 4.94. The molecule has 1 amide bonds. The molecule has 134 valence electrons. The van der Waals surface area contributed by atoms with E-state index in [1.807, 2.05) is 41.3 Å². The number of amides is 1.